The number of nitrogens with zero attached hydrogens (tertiary/aromatic N) is 4. The van der Waals surface area contributed by atoms with Gasteiger partial charge in [0.05, 0.1) is 5.69 Å². The summed E-state index contributed by atoms with van der Waals surface area (Å²) in [6.07, 6.45) is 9.27. The van der Waals surface area contributed by atoms with Crippen LogP contribution in [0.3, 0.4) is 0 Å². The van der Waals surface area contributed by atoms with Gasteiger partial charge in [-0.2, -0.15) is 0 Å². The largest absolute Gasteiger partial charge is 0.333 e. The number of amides is 1. The van der Waals surface area contributed by atoms with Crippen LogP contribution in [0.4, 0.5) is 0 Å². The van der Waals surface area contributed by atoms with Gasteiger partial charge in [0.2, 0.25) is 5.91 Å². The molecule has 2 saturated heterocycles. The van der Waals surface area contributed by atoms with Crippen molar-refractivity contribution in [2.75, 3.05) is 13.1 Å². The van der Waals surface area contributed by atoms with Gasteiger partial charge < -0.3 is 4.90 Å². The minimum atomic E-state index is 0.0353. The topological polar surface area (TPSA) is 49.3 Å². The fourth-order valence-corrected chi connectivity index (χ4v) is 4.17. The van der Waals surface area contributed by atoms with Gasteiger partial charge in [-0.1, -0.05) is 12.1 Å². The lowest BCUT2D eigenvalue weighted by Gasteiger charge is -2.45. The van der Waals surface area contributed by atoms with Crippen molar-refractivity contribution in [2.24, 2.45) is 0 Å². The van der Waals surface area contributed by atoms with E-state index in [1.165, 1.54) is 0 Å². The van der Waals surface area contributed by atoms with Crippen LogP contribution in [0.15, 0.2) is 48.9 Å². The lowest BCUT2D eigenvalue weighted by molar-refractivity contribution is -0.133. The zero-order chi connectivity index (χ0) is 17.1. The molecule has 0 aliphatic carbocycles. The molecule has 0 unspecified atom stereocenters. The maximum absolute atomic E-state index is 12.5. The third-order valence-corrected chi connectivity index (χ3v) is 5.64. The summed E-state index contributed by atoms with van der Waals surface area (Å²) in [4.78, 5) is 25.7. The summed E-state index contributed by atoms with van der Waals surface area (Å²) in [7, 11) is 0. The van der Waals surface area contributed by atoms with Gasteiger partial charge in [0.1, 0.15) is 0 Å². The molecule has 2 fully saturated rings. The first-order chi connectivity index (χ1) is 12.3. The van der Waals surface area contributed by atoms with Gasteiger partial charge in [0.15, 0.2) is 0 Å². The summed E-state index contributed by atoms with van der Waals surface area (Å²) in [5.74, 6) is 0.294. The van der Waals surface area contributed by atoms with Crippen molar-refractivity contribution in [3.63, 3.8) is 0 Å². The number of likely N-dealkylation sites (tertiary alicyclic amines) is 2. The Hall–Kier alpha value is -2.27. The zero-order valence-corrected chi connectivity index (χ0v) is 14.5. The molecule has 1 amide bonds. The standard InChI is InChI=1S/C20H24N4O/c25-19-6-7-20(24(19)15-17-4-3-10-21-14-17)8-12-23(13-9-20)16-18-5-1-2-11-22-18/h1-5,10-11,14H,6-9,12-13,15-16H2. The molecule has 0 radical (unpaired) electrons. The molecule has 5 heteroatoms. The van der Waals surface area contributed by atoms with E-state index in [0.29, 0.717) is 18.9 Å². The van der Waals surface area contributed by atoms with Gasteiger partial charge >= 0.3 is 0 Å². The minimum absolute atomic E-state index is 0.0353. The first kappa shape index (κ1) is 16.2. The Morgan fingerprint density at radius 3 is 2.60 bits per heavy atom. The summed E-state index contributed by atoms with van der Waals surface area (Å²) in [6.45, 7) is 3.63. The molecule has 4 rings (SSSR count). The number of hydrogen-bond acceptors (Lipinski definition) is 4. The molecule has 0 atom stereocenters. The van der Waals surface area contributed by atoms with Gasteiger partial charge in [-0.25, -0.2) is 0 Å². The first-order valence-corrected chi connectivity index (χ1v) is 9.07. The van der Waals surface area contributed by atoms with Crippen LogP contribution in [-0.2, 0) is 17.9 Å². The van der Waals surface area contributed by atoms with Crippen LogP contribution >= 0.6 is 0 Å². The molecule has 130 valence electrons. The van der Waals surface area contributed by atoms with Crippen molar-refractivity contribution in [3.8, 4) is 0 Å². The molecule has 2 aliphatic heterocycles. The van der Waals surface area contributed by atoms with Crippen molar-refractivity contribution in [1.82, 2.24) is 19.8 Å². The predicted molar refractivity (Wildman–Crippen MR) is 95.5 cm³/mol. The maximum atomic E-state index is 12.5. The van der Waals surface area contributed by atoms with E-state index in [2.05, 4.69) is 31.9 Å². The van der Waals surface area contributed by atoms with E-state index >= 15 is 0 Å². The highest BCUT2D eigenvalue weighted by Gasteiger charge is 2.46. The predicted octanol–water partition coefficient (Wildman–Crippen LogP) is 2.63. The molecule has 0 saturated carbocycles. The molecule has 2 aliphatic rings. The summed E-state index contributed by atoms with van der Waals surface area (Å²) in [6, 6.07) is 10.1. The Labute approximate surface area is 148 Å². The Morgan fingerprint density at radius 1 is 1.00 bits per heavy atom. The number of rotatable bonds is 4. The van der Waals surface area contributed by atoms with E-state index in [4.69, 9.17) is 0 Å². The van der Waals surface area contributed by atoms with Crippen molar-refractivity contribution in [2.45, 2.75) is 44.3 Å². The highest BCUT2D eigenvalue weighted by atomic mass is 16.2. The molecule has 0 aromatic carbocycles. The second-order valence-corrected chi connectivity index (χ2v) is 7.16. The Morgan fingerprint density at radius 2 is 1.88 bits per heavy atom. The minimum Gasteiger partial charge on any atom is -0.333 e. The Balaban J connectivity index is 1.42. The quantitative estimate of drug-likeness (QED) is 0.861. The third-order valence-electron chi connectivity index (χ3n) is 5.64. The number of pyridine rings is 2. The molecule has 25 heavy (non-hydrogen) atoms. The summed E-state index contributed by atoms with van der Waals surface area (Å²) in [5, 5.41) is 0. The molecule has 0 N–H and O–H groups in total. The van der Waals surface area contributed by atoms with E-state index in [0.717, 1.165) is 50.2 Å². The van der Waals surface area contributed by atoms with Crippen molar-refractivity contribution in [3.05, 3.63) is 60.2 Å². The van der Waals surface area contributed by atoms with E-state index in [1.54, 1.807) is 6.20 Å². The number of carbonyl (C=O) groups is 1. The zero-order valence-electron chi connectivity index (χ0n) is 14.5. The molecule has 1 spiro atoms. The number of hydrogen-bond donors (Lipinski definition) is 0. The van der Waals surface area contributed by atoms with Gasteiger partial charge in [0.25, 0.3) is 0 Å². The Kier molecular flexibility index (Phi) is 4.49. The number of piperidine rings is 1. The van der Waals surface area contributed by atoms with E-state index in [9.17, 15) is 4.79 Å². The average Bonchev–Trinajstić information content (AvgIpc) is 2.95. The van der Waals surface area contributed by atoms with E-state index < -0.39 is 0 Å². The van der Waals surface area contributed by atoms with Crippen LogP contribution in [0, 0.1) is 0 Å². The van der Waals surface area contributed by atoms with Crippen LogP contribution in [-0.4, -0.2) is 44.3 Å². The summed E-state index contributed by atoms with van der Waals surface area (Å²) >= 11 is 0. The van der Waals surface area contributed by atoms with Crippen LogP contribution in [0.2, 0.25) is 0 Å². The monoisotopic (exact) mass is 336 g/mol. The highest BCUT2D eigenvalue weighted by molar-refractivity contribution is 5.79. The molecular formula is C20H24N4O. The molecule has 2 aromatic heterocycles. The molecule has 0 bridgehead atoms. The fraction of sp³-hybridized carbons (Fsp3) is 0.450. The van der Waals surface area contributed by atoms with Crippen molar-refractivity contribution in [1.29, 1.82) is 0 Å². The van der Waals surface area contributed by atoms with Gasteiger partial charge in [-0.3, -0.25) is 19.7 Å². The second-order valence-electron chi connectivity index (χ2n) is 7.16. The van der Waals surface area contributed by atoms with Crippen molar-refractivity contribution < 1.29 is 4.79 Å². The van der Waals surface area contributed by atoms with Gasteiger partial charge in [-0.15, -0.1) is 0 Å². The van der Waals surface area contributed by atoms with Crippen LogP contribution in [0.5, 0.6) is 0 Å². The first-order valence-electron chi connectivity index (χ1n) is 9.07. The highest BCUT2D eigenvalue weighted by Crippen LogP contribution is 2.40. The van der Waals surface area contributed by atoms with Crippen LogP contribution in [0.1, 0.15) is 36.9 Å². The molecule has 5 nitrogen and oxygen atoms in total. The maximum Gasteiger partial charge on any atom is 0.223 e. The number of aromatic nitrogens is 2. The van der Waals surface area contributed by atoms with Crippen LogP contribution in [0.25, 0.3) is 0 Å². The molecule has 4 heterocycles. The normalized spacial score (nSPS) is 20.3. The lowest BCUT2D eigenvalue weighted by Crippen LogP contribution is -2.52. The molecular weight excluding hydrogens is 312 g/mol. The summed E-state index contributed by atoms with van der Waals surface area (Å²) in [5.41, 5.74) is 2.27. The van der Waals surface area contributed by atoms with E-state index in [1.807, 2.05) is 30.6 Å². The van der Waals surface area contributed by atoms with Crippen LogP contribution < -0.4 is 0 Å². The lowest BCUT2D eigenvalue weighted by atomic mass is 9.84. The number of carbonyl (C=O) groups excluding carboxylic acids is 1. The summed E-state index contributed by atoms with van der Waals surface area (Å²) < 4.78 is 0. The van der Waals surface area contributed by atoms with Gasteiger partial charge in [0, 0.05) is 56.7 Å². The fourth-order valence-electron chi connectivity index (χ4n) is 4.17. The van der Waals surface area contributed by atoms with Crippen molar-refractivity contribution >= 4 is 5.91 Å². The molecule has 2 aromatic rings. The SMILES string of the molecule is O=C1CCC2(CCN(Cc3ccccn3)CC2)N1Cc1cccnc1. The average molecular weight is 336 g/mol. The smallest absolute Gasteiger partial charge is 0.223 e. The third kappa shape index (κ3) is 3.42. The Bertz CT molecular complexity index is 711. The second kappa shape index (κ2) is 6.92. The van der Waals surface area contributed by atoms with Gasteiger partial charge in [-0.05, 0) is 43.0 Å². The van der Waals surface area contributed by atoms with E-state index in [-0.39, 0.29) is 5.54 Å².